The summed E-state index contributed by atoms with van der Waals surface area (Å²) in [6.07, 6.45) is 1.41. The molecule has 0 radical (unpaired) electrons. The lowest BCUT2D eigenvalue weighted by atomic mass is 10.1. The van der Waals surface area contributed by atoms with Crippen LogP contribution in [0.4, 0.5) is 10.1 Å². The highest BCUT2D eigenvalue weighted by Gasteiger charge is 2.20. The zero-order chi connectivity index (χ0) is 24.1. The molecule has 0 atom stereocenters. The second kappa shape index (κ2) is 10.0. The van der Waals surface area contributed by atoms with Crippen LogP contribution in [0.15, 0.2) is 84.4 Å². The highest BCUT2D eigenvalue weighted by atomic mass is 35.5. The zero-order valence-electron chi connectivity index (χ0n) is 18.0. The highest BCUT2D eigenvalue weighted by molar-refractivity contribution is 6.34. The average Bonchev–Trinajstić information content (AvgIpc) is 3.15. The van der Waals surface area contributed by atoms with Crippen molar-refractivity contribution in [1.82, 2.24) is 9.78 Å². The van der Waals surface area contributed by atoms with E-state index in [1.54, 1.807) is 35.9 Å². The van der Waals surface area contributed by atoms with Gasteiger partial charge < -0.3 is 10.1 Å². The second-order valence-corrected chi connectivity index (χ2v) is 7.62. The summed E-state index contributed by atoms with van der Waals surface area (Å²) in [5, 5.41) is 17.3. The first-order valence-electron chi connectivity index (χ1n) is 10.2. The van der Waals surface area contributed by atoms with Crippen LogP contribution in [0.5, 0.6) is 11.6 Å². The number of ether oxygens (including phenoxy) is 1. The third-order valence-corrected chi connectivity index (χ3v) is 5.20. The number of amides is 1. The lowest BCUT2D eigenvalue weighted by Gasteiger charge is -2.11. The van der Waals surface area contributed by atoms with Crippen LogP contribution in [0.25, 0.3) is 11.8 Å². The van der Waals surface area contributed by atoms with Crippen LogP contribution in [-0.2, 0) is 4.79 Å². The van der Waals surface area contributed by atoms with Gasteiger partial charge in [0, 0.05) is 0 Å². The molecule has 1 aromatic heterocycles. The van der Waals surface area contributed by atoms with Gasteiger partial charge in [0.1, 0.15) is 23.2 Å². The quantitative estimate of drug-likeness (QED) is 0.263. The van der Waals surface area contributed by atoms with Crippen molar-refractivity contribution < 1.29 is 13.9 Å². The van der Waals surface area contributed by atoms with Gasteiger partial charge in [-0.05, 0) is 61.5 Å². The zero-order valence-corrected chi connectivity index (χ0v) is 18.8. The lowest BCUT2D eigenvalue weighted by Crippen LogP contribution is -2.13. The Kier molecular flexibility index (Phi) is 6.72. The van der Waals surface area contributed by atoms with E-state index in [1.165, 1.54) is 30.3 Å². The topological polar surface area (TPSA) is 79.9 Å². The maximum atomic E-state index is 13.4. The Morgan fingerprint density at radius 2 is 1.76 bits per heavy atom. The molecule has 0 spiro atoms. The molecule has 0 aliphatic carbocycles. The molecule has 4 aromatic rings. The van der Waals surface area contributed by atoms with Crippen LogP contribution in [0, 0.1) is 24.1 Å². The van der Waals surface area contributed by atoms with Crippen LogP contribution < -0.4 is 10.1 Å². The molecule has 34 heavy (non-hydrogen) atoms. The van der Waals surface area contributed by atoms with Crippen LogP contribution in [0.3, 0.4) is 0 Å². The molecule has 168 valence electrons. The van der Waals surface area contributed by atoms with Gasteiger partial charge in [-0.25, -0.2) is 4.39 Å². The standard InChI is InChI=1S/C26H18ClFN4O2/c1-17-22(15-18(16-29)25(33)30-24-10-6-5-9-23(24)27)26(34-21-13-11-19(28)12-14-21)32(31-17)20-7-3-2-4-8-20/h2-15H,1H3,(H,30,33)/b18-15-. The summed E-state index contributed by atoms with van der Waals surface area (Å²) in [7, 11) is 0. The first kappa shape index (κ1) is 22.8. The fraction of sp³-hybridized carbons (Fsp3) is 0.0385. The molecule has 0 aliphatic heterocycles. The molecule has 3 aromatic carbocycles. The van der Waals surface area contributed by atoms with E-state index in [1.807, 2.05) is 36.4 Å². The first-order chi connectivity index (χ1) is 16.5. The molecule has 8 heteroatoms. The molecule has 4 rings (SSSR count). The maximum Gasteiger partial charge on any atom is 0.266 e. The highest BCUT2D eigenvalue weighted by Crippen LogP contribution is 2.32. The molecule has 0 aliphatic rings. The molecular formula is C26H18ClFN4O2. The van der Waals surface area contributed by atoms with Crippen molar-refractivity contribution in [1.29, 1.82) is 5.26 Å². The van der Waals surface area contributed by atoms with Crippen molar-refractivity contribution in [2.24, 2.45) is 0 Å². The summed E-state index contributed by atoms with van der Waals surface area (Å²) in [5.74, 6) is -0.390. The Morgan fingerprint density at radius 3 is 2.44 bits per heavy atom. The number of aromatic nitrogens is 2. The van der Waals surface area contributed by atoms with Gasteiger partial charge in [0.05, 0.1) is 27.7 Å². The smallest absolute Gasteiger partial charge is 0.266 e. The number of rotatable bonds is 6. The number of halogens is 2. The van der Waals surface area contributed by atoms with E-state index < -0.39 is 11.7 Å². The van der Waals surface area contributed by atoms with E-state index in [-0.39, 0.29) is 11.5 Å². The van der Waals surface area contributed by atoms with Gasteiger partial charge >= 0.3 is 0 Å². The van der Waals surface area contributed by atoms with Crippen LogP contribution in [0.1, 0.15) is 11.3 Å². The number of nitrogens with zero attached hydrogens (tertiary/aromatic N) is 3. The van der Waals surface area contributed by atoms with Crippen molar-refractivity contribution in [3.8, 4) is 23.4 Å². The van der Waals surface area contributed by atoms with Gasteiger partial charge in [0.25, 0.3) is 5.91 Å². The van der Waals surface area contributed by atoms with Gasteiger partial charge in [-0.2, -0.15) is 15.0 Å². The summed E-state index contributed by atoms with van der Waals surface area (Å²) in [5.41, 5.74) is 1.88. The number of carbonyl (C=O) groups is 1. The average molecular weight is 473 g/mol. The van der Waals surface area contributed by atoms with Crippen LogP contribution in [0.2, 0.25) is 5.02 Å². The molecule has 0 saturated carbocycles. The number of nitrogens with one attached hydrogen (secondary N) is 1. The minimum atomic E-state index is -0.629. The normalized spacial score (nSPS) is 11.1. The van der Waals surface area contributed by atoms with Crippen LogP contribution in [-0.4, -0.2) is 15.7 Å². The fourth-order valence-corrected chi connectivity index (χ4v) is 3.37. The van der Waals surface area contributed by atoms with Gasteiger partial charge in [-0.15, -0.1) is 0 Å². The van der Waals surface area contributed by atoms with Crippen molar-refractivity contribution in [2.75, 3.05) is 5.32 Å². The number of para-hydroxylation sites is 2. The van der Waals surface area contributed by atoms with Crippen molar-refractivity contribution >= 4 is 29.3 Å². The molecule has 1 amide bonds. The third-order valence-electron chi connectivity index (χ3n) is 4.87. The summed E-state index contributed by atoms with van der Waals surface area (Å²) < 4.78 is 21.0. The van der Waals surface area contributed by atoms with E-state index in [9.17, 15) is 14.4 Å². The fourth-order valence-electron chi connectivity index (χ4n) is 3.19. The van der Waals surface area contributed by atoms with E-state index in [4.69, 9.17) is 16.3 Å². The molecule has 0 bridgehead atoms. The summed E-state index contributed by atoms with van der Waals surface area (Å²) in [4.78, 5) is 12.8. The molecular weight excluding hydrogens is 455 g/mol. The minimum Gasteiger partial charge on any atom is -0.438 e. The van der Waals surface area contributed by atoms with Gasteiger partial charge in [0.2, 0.25) is 5.88 Å². The Morgan fingerprint density at radius 1 is 1.09 bits per heavy atom. The number of benzene rings is 3. The van der Waals surface area contributed by atoms with Gasteiger partial charge in [-0.3, -0.25) is 4.79 Å². The molecule has 0 saturated heterocycles. The van der Waals surface area contributed by atoms with Crippen molar-refractivity contribution in [2.45, 2.75) is 6.92 Å². The SMILES string of the molecule is Cc1nn(-c2ccccc2)c(Oc2ccc(F)cc2)c1/C=C(/C#N)C(=O)Nc1ccccc1Cl. The minimum absolute atomic E-state index is 0.167. The number of carbonyl (C=O) groups excluding carboxylic acids is 1. The van der Waals surface area contributed by atoms with E-state index in [0.29, 0.717) is 33.4 Å². The number of nitriles is 1. The van der Waals surface area contributed by atoms with E-state index in [0.717, 1.165) is 0 Å². The maximum absolute atomic E-state index is 13.4. The first-order valence-corrected chi connectivity index (χ1v) is 10.6. The van der Waals surface area contributed by atoms with Crippen molar-refractivity contribution in [3.63, 3.8) is 0 Å². The predicted molar refractivity (Wildman–Crippen MR) is 128 cm³/mol. The van der Waals surface area contributed by atoms with Gasteiger partial charge in [-0.1, -0.05) is 41.9 Å². The molecule has 1 heterocycles. The third kappa shape index (κ3) is 4.98. The largest absolute Gasteiger partial charge is 0.438 e. The summed E-state index contributed by atoms with van der Waals surface area (Å²) in [6.45, 7) is 1.74. The summed E-state index contributed by atoms with van der Waals surface area (Å²) >= 11 is 6.12. The monoisotopic (exact) mass is 472 g/mol. The lowest BCUT2D eigenvalue weighted by molar-refractivity contribution is -0.112. The van der Waals surface area contributed by atoms with Gasteiger partial charge in [0.15, 0.2) is 0 Å². The molecule has 1 N–H and O–H groups in total. The number of anilines is 1. The summed E-state index contributed by atoms with van der Waals surface area (Å²) in [6, 6.07) is 23.4. The van der Waals surface area contributed by atoms with Crippen molar-refractivity contribution in [3.05, 3.63) is 107 Å². The second-order valence-electron chi connectivity index (χ2n) is 7.21. The number of hydrogen-bond acceptors (Lipinski definition) is 4. The molecule has 0 fully saturated rings. The van der Waals surface area contributed by atoms with Crippen LogP contribution >= 0.6 is 11.6 Å². The number of hydrogen-bond donors (Lipinski definition) is 1. The molecule has 0 unspecified atom stereocenters. The predicted octanol–water partition coefficient (Wildman–Crippen LogP) is 6.31. The Labute approximate surface area is 200 Å². The molecule has 6 nitrogen and oxygen atoms in total. The van der Waals surface area contributed by atoms with E-state index >= 15 is 0 Å². The van der Waals surface area contributed by atoms with E-state index in [2.05, 4.69) is 10.4 Å². The number of aryl methyl sites for hydroxylation is 1. The Bertz CT molecular complexity index is 1410. The Hall–Kier alpha value is -4.41. The Balaban J connectivity index is 1.78.